The molecule has 17 heavy (non-hydrogen) atoms. The van der Waals surface area contributed by atoms with Gasteiger partial charge in [-0.05, 0) is 12.5 Å². The van der Waals surface area contributed by atoms with Crippen LogP contribution in [0.3, 0.4) is 0 Å². The molecule has 5 heteroatoms. The molecule has 0 radical (unpaired) electrons. The lowest BCUT2D eigenvalue weighted by molar-refractivity contribution is 0.0694. The van der Waals surface area contributed by atoms with Crippen molar-refractivity contribution in [3.8, 4) is 0 Å². The highest BCUT2D eigenvalue weighted by Crippen LogP contribution is 2.03. The Morgan fingerprint density at radius 2 is 2.00 bits per heavy atom. The van der Waals surface area contributed by atoms with E-state index in [1.807, 2.05) is 30.3 Å². The molecule has 0 saturated carbocycles. The number of benzene rings is 1. The minimum absolute atomic E-state index is 0.194. The molecule has 1 heterocycles. The van der Waals surface area contributed by atoms with E-state index in [4.69, 9.17) is 5.11 Å². The number of hydrogen-bond acceptors (Lipinski definition) is 2. The molecule has 1 aromatic heterocycles. The van der Waals surface area contributed by atoms with Crippen molar-refractivity contribution in [2.75, 3.05) is 0 Å². The SMILES string of the molecule is Cc1[nH]n(Cc2ccccc2)c(=O)c1C(=O)O. The smallest absolute Gasteiger partial charge is 0.343 e. The minimum Gasteiger partial charge on any atom is -0.477 e. The Labute approximate surface area is 97.3 Å². The fourth-order valence-electron chi connectivity index (χ4n) is 1.73. The number of aromatic amines is 1. The van der Waals surface area contributed by atoms with Gasteiger partial charge in [-0.15, -0.1) is 0 Å². The van der Waals surface area contributed by atoms with E-state index in [-0.39, 0.29) is 5.56 Å². The van der Waals surface area contributed by atoms with Crippen LogP contribution in [0.2, 0.25) is 0 Å². The number of hydrogen-bond donors (Lipinski definition) is 2. The molecule has 0 unspecified atom stereocenters. The Morgan fingerprint density at radius 3 is 2.53 bits per heavy atom. The number of aryl methyl sites for hydroxylation is 1. The molecule has 0 amide bonds. The standard InChI is InChI=1S/C12H12N2O3/c1-8-10(12(16)17)11(15)14(13-8)7-9-5-3-2-4-6-9/h2-6,13H,7H2,1H3,(H,16,17). The highest BCUT2D eigenvalue weighted by Gasteiger charge is 2.17. The quantitative estimate of drug-likeness (QED) is 0.835. The van der Waals surface area contributed by atoms with Crippen LogP contribution in [0.15, 0.2) is 35.1 Å². The Balaban J connectivity index is 2.39. The first-order valence-corrected chi connectivity index (χ1v) is 5.16. The summed E-state index contributed by atoms with van der Waals surface area (Å²) in [5, 5.41) is 11.7. The minimum atomic E-state index is -1.20. The van der Waals surface area contributed by atoms with Crippen LogP contribution in [0, 0.1) is 6.92 Å². The second-order valence-corrected chi connectivity index (χ2v) is 3.79. The third-order valence-corrected chi connectivity index (χ3v) is 2.53. The number of aromatic carboxylic acids is 1. The molecule has 1 aromatic carbocycles. The van der Waals surface area contributed by atoms with Gasteiger partial charge in [0, 0.05) is 5.69 Å². The fraction of sp³-hybridized carbons (Fsp3) is 0.167. The third-order valence-electron chi connectivity index (χ3n) is 2.53. The van der Waals surface area contributed by atoms with Gasteiger partial charge in [0.15, 0.2) is 0 Å². The van der Waals surface area contributed by atoms with Gasteiger partial charge in [-0.1, -0.05) is 30.3 Å². The maximum Gasteiger partial charge on any atom is 0.343 e. The monoisotopic (exact) mass is 232 g/mol. The van der Waals surface area contributed by atoms with E-state index >= 15 is 0 Å². The summed E-state index contributed by atoms with van der Waals surface area (Å²) in [6, 6.07) is 9.38. The molecule has 2 aromatic rings. The first kappa shape index (κ1) is 11.2. The Kier molecular flexibility index (Phi) is 2.82. The van der Waals surface area contributed by atoms with Crippen molar-refractivity contribution in [2.24, 2.45) is 0 Å². The number of carboxylic acids is 1. The molecule has 0 atom stereocenters. The summed E-state index contributed by atoms with van der Waals surface area (Å²) in [6.45, 7) is 1.92. The third kappa shape index (κ3) is 2.13. The lowest BCUT2D eigenvalue weighted by Crippen LogP contribution is -2.22. The van der Waals surface area contributed by atoms with Crippen LogP contribution in [0.4, 0.5) is 0 Å². The number of carboxylic acid groups (broad SMARTS) is 1. The van der Waals surface area contributed by atoms with Gasteiger partial charge in [-0.3, -0.25) is 9.89 Å². The number of nitrogens with one attached hydrogen (secondary N) is 1. The zero-order valence-corrected chi connectivity index (χ0v) is 9.30. The maximum atomic E-state index is 11.8. The topological polar surface area (TPSA) is 75.1 Å². The Bertz CT molecular complexity index is 596. The highest BCUT2D eigenvalue weighted by atomic mass is 16.4. The van der Waals surface area contributed by atoms with Crippen molar-refractivity contribution in [3.63, 3.8) is 0 Å². The average molecular weight is 232 g/mol. The van der Waals surface area contributed by atoms with Gasteiger partial charge in [0.25, 0.3) is 5.56 Å². The second-order valence-electron chi connectivity index (χ2n) is 3.79. The number of carbonyl (C=O) groups is 1. The van der Waals surface area contributed by atoms with Gasteiger partial charge < -0.3 is 5.11 Å². The summed E-state index contributed by atoms with van der Waals surface area (Å²) in [6.07, 6.45) is 0. The van der Waals surface area contributed by atoms with Gasteiger partial charge in [-0.25, -0.2) is 9.48 Å². The number of aromatic nitrogens is 2. The summed E-state index contributed by atoms with van der Waals surface area (Å²) in [7, 11) is 0. The van der Waals surface area contributed by atoms with E-state index < -0.39 is 11.5 Å². The van der Waals surface area contributed by atoms with Gasteiger partial charge in [0.05, 0.1) is 6.54 Å². The fourth-order valence-corrected chi connectivity index (χ4v) is 1.73. The molecule has 0 aliphatic carbocycles. The van der Waals surface area contributed by atoms with Crippen molar-refractivity contribution in [1.29, 1.82) is 0 Å². The largest absolute Gasteiger partial charge is 0.477 e. The summed E-state index contributed by atoms with van der Waals surface area (Å²) in [4.78, 5) is 22.7. The van der Waals surface area contributed by atoms with Gasteiger partial charge >= 0.3 is 5.97 Å². The molecule has 5 nitrogen and oxygen atoms in total. The number of H-pyrrole nitrogens is 1. The maximum absolute atomic E-state index is 11.8. The first-order valence-electron chi connectivity index (χ1n) is 5.16. The molecule has 0 saturated heterocycles. The average Bonchev–Trinajstić information content (AvgIpc) is 2.55. The zero-order chi connectivity index (χ0) is 12.4. The van der Waals surface area contributed by atoms with Crippen LogP contribution in [-0.4, -0.2) is 20.9 Å². The molecule has 0 fully saturated rings. The predicted molar refractivity (Wildman–Crippen MR) is 62.3 cm³/mol. The van der Waals surface area contributed by atoms with E-state index in [0.717, 1.165) is 5.56 Å². The lowest BCUT2D eigenvalue weighted by atomic mass is 10.2. The lowest BCUT2D eigenvalue weighted by Gasteiger charge is -2.01. The van der Waals surface area contributed by atoms with Gasteiger partial charge in [0.2, 0.25) is 0 Å². The van der Waals surface area contributed by atoms with Crippen molar-refractivity contribution >= 4 is 5.97 Å². The summed E-state index contributed by atoms with van der Waals surface area (Å²) < 4.78 is 1.30. The zero-order valence-electron chi connectivity index (χ0n) is 9.30. The summed E-state index contributed by atoms with van der Waals surface area (Å²) in [5.41, 5.74) is 0.617. The molecule has 88 valence electrons. The number of rotatable bonds is 3. The van der Waals surface area contributed by atoms with E-state index in [1.54, 1.807) is 6.92 Å². The van der Waals surface area contributed by atoms with Crippen LogP contribution in [0.5, 0.6) is 0 Å². The van der Waals surface area contributed by atoms with Crippen molar-refractivity contribution < 1.29 is 9.90 Å². The van der Waals surface area contributed by atoms with E-state index in [2.05, 4.69) is 5.10 Å². The normalized spacial score (nSPS) is 10.4. The van der Waals surface area contributed by atoms with Crippen LogP contribution in [-0.2, 0) is 6.54 Å². The molecule has 0 aliphatic rings. The van der Waals surface area contributed by atoms with Crippen molar-refractivity contribution in [3.05, 3.63) is 57.5 Å². The van der Waals surface area contributed by atoms with E-state index in [0.29, 0.717) is 12.2 Å². The molecule has 0 spiro atoms. The van der Waals surface area contributed by atoms with Gasteiger partial charge in [0.1, 0.15) is 5.56 Å². The Hall–Kier alpha value is -2.30. The molecule has 0 bridgehead atoms. The molecular weight excluding hydrogens is 220 g/mol. The van der Waals surface area contributed by atoms with Gasteiger partial charge in [-0.2, -0.15) is 0 Å². The summed E-state index contributed by atoms with van der Waals surface area (Å²) in [5.74, 6) is -1.20. The van der Waals surface area contributed by atoms with Crippen LogP contribution in [0.25, 0.3) is 0 Å². The molecule has 0 aliphatic heterocycles. The van der Waals surface area contributed by atoms with Crippen molar-refractivity contribution in [1.82, 2.24) is 9.78 Å². The Morgan fingerprint density at radius 1 is 1.35 bits per heavy atom. The van der Waals surface area contributed by atoms with Crippen LogP contribution < -0.4 is 5.56 Å². The first-order chi connectivity index (χ1) is 8.09. The van der Waals surface area contributed by atoms with E-state index in [1.165, 1.54) is 4.68 Å². The predicted octanol–water partition coefficient (Wildman–Crippen LogP) is 1.23. The van der Waals surface area contributed by atoms with Crippen molar-refractivity contribution in [2.45, 2.75) is 13.5 Å². The molecule has 2 rings (SSSR count). The molecule has 2 N–H and O–H groups in total. The van der Waals surface area contributed by atoms with Crippen LogP contribution >= 0.6 is 0 Å². The molecular formula is C12H12N2O3. The number of nitrogens with zero attached hydrogens (tertiary/aromatic N) is 1. The highest BCUT2D eigenvalue weighted by molar-refractivity contribution is 5.88. The van der Waals surface area contributed by atoms with E-state index in [9.17, 15) is 9.59 Å². The van der Waals surface area contributed by atoms with Crippen LogP contribution in [0.1, 0.15) is 21.6 Å². The summed E-state index contributed by atoms with van der Waals surface area (Å²) >= 11 is 0. The second kappa shape index (κ2) is 4.29.